The minimum atomic E-state index is -0.601. The summed E-state index contributed by atoms with van der Waals surface area (Å²) in [6.07, 6.45) is 1.66. The second-order valence-electron chi connectivity index (χ2n) is 4.87. The summed E-state index contributed by atoms with van der Waals surface area (Å²) in [5.74, 6) is 0.393. The van der Waals surface area contributed by atoms with E-state index in [1.54, 1.807) is 12.1 Å². The molecular weight excluding hydrogens is 392 g/mol. The molecule has 0 atom stereocenters. The molecule has 1 aromatic carbocycles. The summed E-state index contributed by atoms with van der Waals surface area (Å²) in [6, 6.07) is 9.06. The molecule has 24 heavy (non-hydrogen) atoms. The van der Waals surface area contributed by atoms with E-state index in [4.69, 9.17) is 10.00 Å². The Hall–Kier alpha value is -2.56. The lowest BCUT2D eigenvalue weighted by Gasteiger charge is -2.06. The number of ether oxygens (including phenoxy) is 1. The minimum absolute atomic E-state index is 0.292. The topological polar surface area (TPSA) is 86.1 Å². The number of nitrogens with one attached hydrogen (secondary N) is 1. The average Bonchev–Trinajstić information content (AvgIpc) is 2.90. The molecule has 0 amide bonds. The summed E-state index contributed by atoms with van der Waals surface area (Å²) in [7, 11) is 0. The van der Waals surface area contributed by atoms with Crippen molar-refractivity contribution in [1.82, 2.24) is 4.98 Å². The smallest absolute Gasteiger partial charge is 0.270 e. The molecule has 2 heterocycles. The van der Waals surface area contributed by atoms with E-state index in [2.05, 4.69) is 27.5 Å². The summed E-state index contributed by atoms with van der Waals surface area (Å²) in [4.78, 5) is 15.0. The van der Waals surface area contributed by atoms with Crippen LogP contribution in [-0.2, 0) is 0 Å². The fourth-order valence-electron chi connectivity index (χ4n) is 2.35. The molecule has 5 nitrogen and oxygen atoms in total. The summed E-state index contributed by atoms with van der Waals surface area (Å²) in [5.41, 5.74) is 0.650. The maximum atomic E-state index is 11.8. The maximum Gasteiger partial charge on any atom is 0.270 e. The van der Waals surface area contributed by atoms with E-state index in [0.717, 1.165) is 14.9 Å². The van der Waals surface area contributed by atoms with Crippen LogP contribution in [-0.4, -0.2) is 16.7 Å². The van der Waals surface area contributed by atoms with Crippen LogP contribution in [0.5, 0.6) is 11.5 Å². The van der Waals surface area contributed by atoms with E-state index in [1.807, 2.05) is 24.3 Å². The molecule has 2 N–H and O–H groups in total. The number of rotatable bonds is 4. The van der Waals surface area contributed by atoms with Gasteiger partial charge in [0.25, 0.3) is 5.56 Å². The Morgan fingerprint density at radius 2 is 2.12 bits per heavy atom. The van der Waals surface area contributed by atoms with Crippen LogP contribution in [0.3, 0.4) is 0 Å². The molecule has 0 bridgehead atoms. The molecular formula is C17H11BrN2O3S. The van der Waals surface area contributed by atoms with Crippen LogP contribution in [0.25, 0.3) is 21.3 Å². The highest BCUT2D eigenvalue weighted by Crippen LogP contribution is 2.45. The van der Waals surface area contributed by atoms with Gasteiger partial charge in [0.2, 0.25) is 0 Å². The Kier molecular flexibility index (Phi) is 4.42. The van der Waals surface area contributed by atoms with E-state index < -0.39 is 5.56 Å². The predicted octanol–water partition coefficient (Wildman–Crippen LogP) is 4.16. The van der Waals surface area contributed by atoms with Gasteiger partial charge in [-0.25, -0.2) is 0 Å². The first-order chi connectivity index (χ1) is 11.6. The molecule has 0 aliphatic rings. The minimum Gasteiger partial charge on any atom is -0.506 e. The standard InChI is InChI=1S/C17H11BrN2O3S/c1-2-7-23-10-5-3-9(4-6-10)12-13-14(21)11(8-19)16(22)20-17(13)24-15(12)18/h2-6H,1,7H2,(H2,20,21,22). The summed E-state index contributed by atoms with van der Waals surface area (Å²) in [6.45, 7) is 4.01. The Morgan fingerprint density at radius 3 is 2.75 bits per heavy atom. The predicted molar refractivity (Wildman–Crippen MR) is 97.7 cm³/mol. The lowest BCUT2D eigenvalue weighted by Crippen LogP contribution is -2.09. The Labute approximate surface area is 149 Å². The van der Waals surface area contributed by atoms with Crippen LogP contribution in [0, 0.1) is 11.3 Å². The number of fused-ring (bicyclic) bond motifs is 1. The van der Waals surface area contributed by atoms with Gasteiger partial charge in [-0.1, -0.05) is 24.8 Å². The average molecular weight is 403 g/mol. The third kappa shape index (κ3) is 2.70. The van der Waals surface area contributed by atoms with Crippen LogP contribution in [0.1, 0.15) is 5.56 Å². The van der Waals surface area contributed by atoms with Crippen LogP contribution in [0.15, 0.2) is 45.5 Å². The number of thiophene rings is 1. The molecule has 0 radical (unpaired) electrons. The third-order valence-corrected chi connectivity index (χ3v) is 5.19. The number of H-pyrrole nitrogens is 1. The number of pyridine rings is 1. The highest BCUT2D eigenvalue weighted by Gasteiger charge is 2.20. The van der Waals surface area contributed by atoms with E-state index >= 15 is 0 Å². The van der Waals surface area contributed by atoms with Gasteiger partial charge in [-0.3, -0.25) is 4.79 Å². The highest BCUT2D eigenvalue weighted by molar-refractivity contribution is 9.11. The lowest BCUT2D eigenvalue weighted by molar-refractivity contribution is 0.363. The molecule has 3 aromatic rings. The van der Waals surface area contributed by atoms with Gasteiger partial charge < -0.3 is 14.8 Å². The fourth-order valence-corrected chi connectivity index (χ4v) is 4.21. The van der Waals surface area contributed by atoms with Gasteiger partial charge in [-0.15, -0.1) is 11.3 Å². The number of hydrogen-bond donors (Lipinski definition) is 2. The Morgan fingerprint density at radius 1 is 1.42 bits per heavy atom. The van der Waals surface area contributed by atoms with Gasteiger partial charge in [0.15, 0.2) is 5.56 Å². The Balaban J connectivity index is 2.19. The molecule has 120 valence electrons. The molecule has 7 heteroatoms. The van der Waals surface area contributed by atoms with Gasteiger partial charge in [0.1, 0.15) is 29.0 Å². The highest BCUT2D eigenvalue weighted by atomic mass is 79.9. The maximum absolute atomic E-state index is 11.8. The zero-order valence-electron chi connectivity index (χ0n) is 12.3. The van der Waals surface area contributed by atoms with Crippen molar-refractivity contribution in [2.45, 2.75) is 0 Å². The molecule has 0 aliphatic carbocycles. The SMILES string of the molecule is C=CCOc1ccc(-c2c(Br)sc3[nH]c(=O)c(C#N)c(O)c23)cc1. The molecule has 0 spiro atoms. The van der Waals surface area contributed by atoms with Crippen molar-refractivity contribution in [3.05, 3.63) is 56.6 Å². The fraction of sp³-hybridized carbons (Fsp3) is 0.0588. The van der Waals surface area contributed by atoms with Crippen LogP contribution < -0.4 is 10.3 Å². The van der Waals surface area contributed by atoms with E-state index in [-0.39, 0.29) is 11.3 Å². The molecule has 3 rings (SSSR count). The quantitative estimate of drug-likeness (QED) is 0.641. The van der Waals surface area contributed by atoms with Gasteiger partial charge in [0, 0.05) is 5.56 Å². The molecule has 0 unspecified atom stereocenters. The van der Waals surface area contributed by atoms with E-state index in [0.29, 0.717) is 22.6 Å². The number of halogens is 1. The second-order valence-corrected chi connectivity index (χ2v) is 7.21. The molecule has 0 aliphatic heterocycles. The van der Waals surface area contributed by atoms with Crippen molar-refractivity contribution in [3.8, 4) is 28.7 Å². The van der Waals surface area contributed by atoms with Crippen molar-refractivity contribution in [2.24, 2.45) is 0 Å². The summed E-state index contributed by atoms with van der Waals surface area (Å²) in [5, 5.41) is 19.9. The number of aromatic hydroxyl groups is 1. The number of aromatic amines is 1. The van der Waals surface area contributed by atoms with E-state index in [9.17, 15) is 9.90 Å². The molecule has 2 aromatic heterocycles. The van der Waals surface area contributed by atoms with Gasteiger partial charge >= 0.3 is 0 Å². The van der Waals surface area contributed by atoms with Crippen molar-refractivity contribution in [1.29, 1.82) is 5.26 Å². The zero-order chi connectivity index (χ0) is 17.3. The number of hydrogen-bond acceptors (Lipinski definition) is 5. The monoisotopic (exact) mass is 402 g/mol. The lowest BCUT2D eigenvalue weighted by atomic mass is 10.0. The number of aromatic nitrogens is 1. The van der Waals surface area contributed by atoms with Crippen LogP contribution in [0.2, 0.25) is 0 Å². The second kappa shape index (κ2) is 6.51. The van der Waals surface area contributed by atoms with Gasteiger partial charge in [0.05, 0.1) is 9.17 Å². The number of benzene rings is 1. The van der Waals surface area contributed by atoms with E-state index in [1.165, 1.54) is 11.3 Å². The van der Waals surface area contributed by atoms with Crippen molar-refractivity contribution in [3.63, 3.8) is 0 Å². The first-order valence-electron chi connectivity index (χ1n) is 6.88. The van der Waals surface area contributed by atoms with Crippen LogP contribution in [0.4, 0.5) is 0 Å². The van der Waals surface area contributed by atoms with Crippen molar-refractivity contribution >= 4 is 37.5 Å². The zero-order valence-corrected chi connectivity index (χ0v) is 14.7. The Bertz CT molecular complexity index is 1030. The van der Waals surface area contributed by atoms with Crippen molar-refractivity contribution < 1.29 is 9.84 Å². The first-order valence-corrected chi connectivity index (χ1v) is 8.49. The number of nitrogens with zero attached hydrogens (tertiary/aromatic N) is 1. The first kappa shape index (κ1) is 16.3. The van der Waals surface area contributed by atoms with Crippen molar-refractivity contribution in [2.75, 3.05) is 6.61 Å². The largest absolute Gasteiger partial charge is 0.506 e. The summed E-state index contributed by atoms with van der Waals surface area (Å²) >= 11 is 4.76. The summed E-state index contributed by atoms with van der Waals surface area (Å²) < 4.78 is 6.20. The molecule has 0 saturated carbocycles. The number of nitriles is 1. The van der Waals surface area contributed by atoms with Gasteiger partial charge in [-0.2, -0.15) is 5.26 Å². The molecule has 0 saturated heterocycles. The normalized spacial score (nSPS) is 10.5. The third-order valence-electron chi connectivity index (χ3n) is 3.42. The van der Waals surface area contributed by atoms with Gasteiger partial charge in [-0.05, 0) is 33.6 Å². The van der Waals surface area contributed by atoms with Crippen LogP contribution >= 0.6 is 27.3 Å². The molecule has 0 fully saturated rings.